The van der Waals surface area contributed by atoms with E-state index in [1.165, 1.54) is 42.4 Å². The highest BCUT2D eigenvalue weighted by atomic mass is 32.1. The van der Waals surface area contributed by atoms with E-state index in [1.807, 2.05) is 18.3 Å². The number of aryl methyl sites for hydroxylation is 1. The Balaban J connectivity index is 1.43. The standard InChI is InChI=1S/C35H24N2S/c1-23-36-32(22-33(37-23)31-17-10-16-30-29-15-8-9-18-34(29)38-35(30)31)28-20-26(24-11-4-2-5-12-24)19-27(21-28)25-13-6-3-7-14-25/h2-22H,1H3. The number of aromatic nitrogens is 2. The molecule has 0 aliphatic rings. The first-order valence-corrected chi connectivity index (χ1v) is 13.6. The molecule has 0 atom stereocenters. The van der Waals surface area contributed by atoms with Gasteiger partial charge in [0.1, 0.15) is 5.82 Å². The van der Waals surface area contributed by atoms with Crippen LogP contribution in [0, 0.1) is 6.92 Å². The molecule has 7 aromatic rings. The number of nitrogens with zero attached hydrogens (tertiary/aromatic N) is 2. The van der Waals surface area contributed by atoms with Crippen molar-refractivity contribution in [3.63, 3.8) is 0 Å². The Bertz CT molecular complexity index is 1860. The highest BCUT2D eigenvalue weighted by molar-refractivity contribution is 7.26. The van der Waals surface area contributed by atoms with E-state index in [2.05, 4.69) is 127 Å². The average Bonchev–Trinajstić information content (AvgIpc) is 3.36. The second kappa shape index (κ2) is 9.37. The molecule has 0 unspecified atom stereocenters. The molecule has 0 aliphatic heterocycles. The molecule has 0 amide bonds. The van der Waals surface area contributed by atoms with E-state index in [1.54, 1.807) is 0 Å². The number of thiophene rings is 1. The van der Waals surface area contributed by atoms with E-state index in [0.29, 0.717) is 0 Å². The van der Waals surface area contributed by atoms with Crippen molar-refractivity contribution in [1.29, 1.82) is 0 Å². The van der Waals surface area contributed by atoms with Crippen LogP contribution in [-0.2, 0) is 0 Å². The Labute approximate surface area is 225 Å². The van der Waals surface area contributed by atoms with Crippen LogP contribution in [0.2, 0.25) is 0 Å². The van der Waals surface area contributed by atoms with Gasteiger partial charge in [-0.05, 0) is 59.5 Å². The maximum atomic E-state index is 4.91. The quantitative estimate of drug-likeness (QED) is 0.238. The summed E-state index contributed by atoms with van der Waals surface area (Å²) < 4.78 is 2.56. The normalized spacial score (nSPS) is 11.3. The summed E-state index contributed by atoms with van der Waals surface area (Å²) in [6, 6.07) is 45.1. The van der Waals surface area contributed by atoms with Crippen LogP contribution in [0.5, 0.6) is 0 Å². The van der Waals surface area contributed by atoms with Crippen molar-refractivity contribution in [1.82, 2.24) is 9.97 Å². The van der Waals surface area contributed by atoms with Crippen LogP contribution in [0.1, 0.15) is 5.82 Å². The molecule has 0 saturated heterocycles. The lowest BCUT2D eigenvalue weighted by atomic mass is 9.94. The Kier molecular flexibility index (Phi) is 5.57. The molecule has 3 heteroatoms. The lowest BCUT2D eigenvalue weighted by molar-refractivity contribution is 1.06. The van der Waals surface area contributed by atoms with Crippen molar-refractivity contribution < 1.29 is 0 Å². The van der Waals surface area contributed by atoms with Crippen LogP contribution in [0.15, 0.2) is 127 Å². The molecule has 38 heavy (non-hydrogen) atoms. The van der Waals surface area contributed by atoms with Gasteiger partial charge in [-0.25, -0.2) is 9.97 Å². The minimum atomic E-state index is 0.766. The second-order valence-corrected chi connectivity index (χ2v) is 10.5. The zero-order chi connectivity index (χ0) is 25.5. The molecule has 0 aliphatic carbocycles. The summed E-state index contributed by atoms with van der Waals surface area (Å²) in [5.41, 5.74) is 8.84. The van der Waals surface area contributed by atoms with Gasteiger partial charge < -0.3 is 0 Å². The first-order chi connectivity index (χ1) is 18.7. The minimum Gasteiger partial charge on any atom is -0.233 e. The van der Waals surface area contributed by atoms with Gasteiger partial charge in [-0.15, -0.1) is 11.3 Å². The fourth-order valence-corrected chi connectivity index (χ4v) is 6.40. The average molecular weight is 505 g/mol. The van der Waals surface area contributed by atoms with E-state index in [-0.39, 0.29) is 0 Å². The topological polar surface area (TPSA) is 25.8 Å². The smallest absolute Gasteiger partial charge is 0.126 e. The Morgan fingerprint density at radius 2 is 1.05 bits per heavy atom. The molecule has 2 nitrogen and oxygen atoms in total. The molecule has 5 aromatic carbocycles. The summed E-state index contributed by atoms with van der Waals surface area (Å²) in [5.74, 6) is 0.766. The number of fused-ring (bicyclic) bond motifs is 3. The maximum Gasteiger partial charge on any atom is 0.126 e. The number of hydrogen-bond donors (Lipinski definition) is 0. The SMILES string of the molecule is Cc1nc(-c2cc(-c3ccccc3)cc(-c3ccccc3)c2)cc(-c2cccc3c2sc2ccccc23)n1. The van der Waals surface area contributed by atoms with Crippen LogP contribution in [0.4, 0.5) is 0 Å². The number of benzene rings is 5. The Hall–Kier alpha value is -4.60. The summed E-state index contributed by atoms with van der Waals surface area (Å²) in [6.45, 7) is 1.98. The zero-order valence-electron chi connectivity index (χ0n) is 20.9. The van der Waals surface area contributed by atoms with Gasteiger partial charge in [0.25, 0.3) is 0 Å². The molecule has 0 N–H and O–H groups in total. The highest BCUT2D eigenvalue weighted by Crippen LogP contribution is 2.40. The monoisotopic (exact) mass is 504 g/mol. The number of rotatable bonds is 4. The van der Waals surface area contributed by atoms with Gasteiger partial charge in [0.05, 0.1) is 11.4 Å². The maximum absolute atomic E-state index is 4.91. The van der Waals surface area contributed by atoms with Gasteiger partial charge in [-0.2, -0.15) is 0 Å². The van der Waals surface area contributed by atoms with Gasteiger partial charge in [0, 0.05) is 31.3 Å². The van der Waals surface area contributed by atoms with Crippen molar-refractivity contribution in [3.05, 3.63) is 133 Å². The molecule has 2 heterocycles. The van der Waals surface area contributed by atoms with Gasteiger partial charge in [-0.3, -0.25) is 0 Å². The van der Waals surface area contributed by atoms with Crippen LogP contribution in [0.25, 0.3) is 64.9 Å². The molecular formula is C35H24N2S. The van der Waals surface area contributed by atoms with E-state index < -0.39 is 0 Å². The zero-order valence-corrected chi connectivity index (χ0v) is 21.7. The second-order valence-electron chi connectivity index (χ2n) is 9.50. The van der Waals surface area contributed by atoms with Gasteiger partial charge >= 0.3 is 0 Å². The molecule has 0 radical (unpaired) electrons. The van der Waals surface area contributed by atoms with Crippen molar-refractivity contribution in [2.24, 2.45) is 0 Å². The summed E-state index contributed by atoms with van der Waals surface area (Å²) >= 11 is 1.83. The van der Waals surface area contributed by atoms with Gasteiger partial charge in [0.15, 0.2) is 0 Å². The molecule has 180 valence electrons. The van der Waals surface area contributed by atoms with Gasteiger partial charge in [0.2, 0.25) is 0 Å². The predicted molar refractivity (Wildman–Crippen MR) is 161 cm³/mol. The number of hydrogen-bond acceptors (Lipinski definition) is 3. The molecule has 0 fully saturated rings. The fourth-order valence-electron chi connectivity index (χ4n) is 5.17. The molecule has 0 bridgehead atoms. The summed E-state index contributed by atoms with van der Waals surface area (Å²) in [4.78, 5) is 9.82. The highest BCUT2D eigenvalue weighted by Gasteiger charge is 2.14. The molecule has 2 aromatic heterocycles. The fraction of sp³-hybridized carbons (Fsp3) is 0.0286. The van der Waals surface area contributed by atoms with Crippen molar-refractivity contribution >= 4 is 31.5 Å². The third-order valence-corrected chi connectivity index (χ3v) is 8.18. The summed E-state index contributed by atoms with van der Waals surface area (Å²) in [6.07, 6.45) is 0. The predicted octanol–water partition coefficient (Wildman–Crippen LogP) is 9.82. The lowest BCUT2D eigenvalue weighted by Gasteiger charge is -2.12. The minimum absolute atomic E-state index is 0.766. The third-order valence-electron chi connectivity index (χ3n) is 6.96. The van der Waals surface area contributed by atoms with Crippen LogP contribution >= 0.6 is 11.3 Å². The molecule has 7 rings (SSSR count). The Morgan fingerprint density at radius 3 is 1.76 bits per heavy atom. The molecule has 0 saturated carbocycles. The van der Waals surface area contributed by atoms with E-state index >= 15 is 0 Å². The first-order valence-electron chi connectivity index (χ1n) is 12.8. The van der Waals surface area contributed by atoms with E-state index in [0.717, 1.165) is 28.3 Å². The summed E-state index contributed by atoms with van der Waals surface area (Å²) in [7, 11) is 0. The molecule has 0 spiro atoms. The summed E-state index contributed by atoms with van der Waals surface area (Å²) in [5, 5.41) is 2.57. The van der Waals surface area contributed by atoms with Crippen molar-refractivity contribution in [2.45, 2.75) is 6.92 Å². The van der Waals surface area contributed by atoms with Gasteiger partial charge in [-0.1, -0.05) is 97.1 Å². The first kappa shape index (κ1) is 22.6. The van der Waals surface area contributed by atoms with Crippen LogP contribution in [-0.4, -0.2) is 9.97 Å². The van der Waals surface area contributed by atoms with E-state index in [9.17, 15) is 0 Å². The van der Waals surface area contributed by atoms with Crippen LogP contribution < -0.4 is 0 Å². The molecular weight excluding hydrogens is 480 g/mol. The van der Waals surface area contributed by atoms with Crippen LogP contribution in [0.3, 0.4) is 0 Å². The largest absolute Gasteiger partial charge is 0.233 e. The lowest BCUT2D eigenvalue weighted by Crippen LogP contribution is -1.95. The Morgan fingerprint density at radius 1 is 0.474 bits per heavy atom. The third kappa shape index (κ3) is 4.07. The van der Waals surface area contributed by atoms with Crippen molar-refractivity contribution in [3.8, 4) is 44.8 Å². The van der Waals surface area contributed by atoms with E-state index in [4.69, 9.17) is 9.97 Å². The van der Waals surface area contributed by atoms with Crippen molar-refractivity contribution in [2.75, 3.05) is 0 Å².